The van der Waals surface area contributed by atoms with Gasteiger partial charge in [0.25, 0.3) is 0 Å². The molecule has 1 aliphatic rings. The van der Waals surface area contributed by atoms with E-state index in [9.17, 15) is 9.59 Å². The van der Waals surface area contributed by atoms with E-state index in [4.69, 9.17) is 16.7 Å². The van der Waals surface area contributed by atoms with Crippen LogP contribution in [0.15, 0.2) is 24.3 Å². The predicted octanol–water partition coefficient (Wildman–Crippen LogP) is 2.38. The normalized spacial score (nSPS) is 20.9. The molecule has 2 rings (SSSR count). The first-order chi connectivity index (χ1) is 9.04. The van der Waals surface area contributed by atoms with E-state index < -0.39 is 5.97 Å². The molecule has 0 aromatic heterocycles. The van der Waals surface area contributed by atoms with E-state index >= 15 is 0 Å². The lowest BCUT2D eigenvalue weighted by molar-refractivity contribution is -0.144. The van der Waals surface area contributed by atoms with E-state index in [0.717, 1.165) is 12.0 Å². The van der Waals surface area contributed by atoms with E-state index in [-0.39, 0.29) is 24.3 Å². The van der Waals surface area contributed by atoms with Crippen LogP contribution in [-0.4, -0.2) is 35.0 Å². The number of rotatable bonds is 5. The molecule has 2 atom stereocenters. The molecule has 1 amide bonds. The van der Waals surface area contributed by atoms with Gasteiger partial charge in [0.05, 0.1) is 0 Å². The fourth-order valence-electron chi connectivity index (χ4n) is 2.33. The van der Waals surface area contributed by atoms with Crippen LogP contribution in [0.3, 0.4) is 0 Å². The highest BCUT2D eigenvalue weighted by Crippen LogP contribution is 2.50. The Bertz CT molecular complexity index is 503. The smallest absolute Gasteiger partial charge is 0.323 e. The maximum absolute atomic E-state index is 12.2. The lowest BCUT2D eigenvalue weighted by atomic mass is 10.1. The molecule has 1 fully saturated rings. The molecule has 2 unspecified atom stereocenters. The van der Waals surface area contributed by atoms with Crippen molar-refractivity contribution < 1.29 is 14.7 Å². The largest absolute Gasteiger partial charge is 0.480 e. The van der Waals surface area contributed by atoms with Crippen LogP contribution in [0, 0.1) is 5.92 Å². The molecule has 19 heavy (non-hydrogen) atoms. The topological polar surface area (TPSA) is 57.6 Å². The zero-order chi connectivity index (χ0) is 14.0. The van der Waals surface area contributed by atoms with Crippen molar-refractivity contribution in [3.05, 3.63) is 34.9 Å². The molecule has 1 aromatic rings. The van der Waals surface area contributed by atoms with Crippen LogP contribution in [-0.2, 0) is 9.59 Å². The van der Waals surface area contributed by atoms with Crippen molar-refractivity contribution in [2.24, 2.45) is 5.92 Å². The minimum absolute atomic E-state index is 0.0881. The summed E-state index contributed by atoms with van der Waals surface area (Å²) in [6.07, 6.45) is 0.749. The number of hydrogen-bond donors (Lipinski definition) is 1. The van der Waals surface area contributed by atoms with Crippen molar-refractivity contribution in [3.63, 3.8) is 0 Å². The van der Waals surface area contributed by atoms with Gasteiger partial charge < -0.3 is 10.0 Å². The van der Waals surface area contributed by atoms with Crippen molar-refractivity contribution in [2.45, 2.75) is 19.3 Å². The maximum atomic E-state index is 12.2. The first-order valence-electron chi connectivity index (χ1n) is 6.29. The summed E-state index contributed by atoms with van der Waals surface area (Å²) in [7, 11) is 0. The number of aliphatic carboxylic acids is 1. The molecule has 102 valence electrons. The van der Waals surface area contributed by atoms with Gasteiger partial charge in [0.15, 0.2) is 0 Å². The zero-order valence-corrected chi connectivity index (χ0v) is 11.4. The molecule has 1 saturated carbocycles. The molecule has 1 aliphatic carbocycles. The number of hydrogen-bond acceptors (Lipinski definition) is 2. The third-order valence-corrected chi connectivity index (χ3v) is 3.78. The third-order valence-electron chi connectivity index (χ3n) is 3.43. The number of carboxylic acids is 1. The number of nitrogens with zero attached hydrogens (tertiary/aromatic N) is 1. The van der Waals surface area contributed by atoms with E-state index in [1.807, 2.05) is 24.3 Å². The summed E-state index contributed by atoms with van der Waals surface area (Å²) < 4.78 is 0. The summed E-state index contributed by atoms with van der Waals surface area (Å²) >= 11 is 6.11. The van der Waals surface area contributed by atoms with Crippen LogP contribution in [0.5, 0.6) is 0 Å². The van der Waals surface area contributed by atoms with Crippen molar-refractivity contribution in [1.82, 2.24) is 4.90 Å². The molecule has 0 radical (unpaired) electrons. The lowest BCUT2D eigenvalue weighted by Crippen LogP contribution is -2.36. The van der Waals surface area contributed by atoms with Gasteiger partial charge in [-0.1, -0.05) is 29.8 Å². The Morgan fingerprint density at radius 3 is 2.68 bits per heavy atom. The van der Waals surface area contributed by atoms with Crippen molar-refractivity contribution >= 4 is 23.5 Å². The highest BCUT2D eigenvalue weighted by Gasteiger charge is 2.46. The number of benzene rings is 1. The van der Waals surface area contributed by atoms with E-state index in [1.165, 1.54) is 4.90 Å². The fourth-order valence-corrected chi connectivity index (χ4v) is 2.61. The molecule has 0 saturated heterocycles. The minimum atomic E-state index is -0.981. The number of likely N-dealkylation sites (N-methyl/N-ethyl adjacent to an activating group) is 1. The van der Waals surface area contributed by atoms with Gasteiger partial charge in [-0.3, -0.25) is 9.59 Å². The molecule has 5 heteroatoms. The van der Waals surface area contributed by atoms with Crippen LogP contribution in [0.1, 0.15) is 24.8 Å². The number of carbonyl (C=O) groups is 2. The maximum Gasteiger partial charge on any atom is 0.323 e. The minimum Gasteiger partial charge on any atom is -0.480 e. The molecule has 1 aromatic carbocycles. The van der Waals surface area contributed by atoms with Crippen molar-refractivity contribution in [3.8, 4) is 0 Å². The lowest BCUT2D eigenvalue weighted by Gasteiger charge is -2.18. The van der Waals surface area contributed by atoms with E-state index in [0.29, 0.717) is 11.6 Å². The molecule has 0 aliphatic heterocycles. The second kappa shape index (κ2) is 5.61. The molecule has 4 nitrogen and oxygen atoms in total. The van der Waals surface area contributed by atoms with Gasteiger partial charge >= 0.3 is 5.97 Å². The average molecular weight is 282 g/mol. The summed E-state index contributed by atoms with van der Waals surface area (Å²) in [4.78, 5) is 24.3. The number of carboxylic acid groups (broad SMARTS) is 1. The first-order valence-corrected chi connectivity index (χ1v) is 6.67. The average Bonchev–Trinajstić information content (AvgIpc) is 3.15. The molecule has 0 heterocycles. The SMILES string of the molecule is CCN(CC(=O)O)C(=O)C1CC1c1ccccc1Cl. The van der Waals surface area contributed by atoms with Gasteiger partial charge in [-0.25, -0.2) is 0 Å². The Morgan fingerprint density at radius 2 is 2.11 bits per heavy atom. The van der Waals surface area contributed by atoms with Crippen molar-refractivity contribution in [1.29, 1.82) is 0 Å². The highest BCUT2D eigenvalue weighted by molar-refractivity contribution is 6.31. The number of carbonyl (C=O) groups excluding carboxylic acids is 1. The van der Waals surface area contributed by atoms with Crippen molar-refractivity contribution in [2.75, 3.05) is 13.1 Å². The van der Waals surface area contributed by atoms with Gasteiger partial charge in [-0.2, -0.15) is 0 Å². The second-order valence-electron chi connectivity index (χ2n) is 4.72. The fraction of sp³-hybridized carbons (Fsp3) is 0.429. The standard InChI is InChI=1S/C14H16ClNO3/c1-2-16(8-13(17)18)14(19)11-7-10(11)9-5-3-4-6-12(9)15/h3-6,10-11H,2,7-8H2,1H3,(H,17,18). The summed E-state index contributed by atoms with van der Waals surface area (Å²) in [6.45, 7) is 1.96. The molecular formula is C14H16ClNO3. The predicted molar refractivity (Wildman–Crippen MR) is 72.2 cm³/mol. The van der Waals surface area contributed by atoms with Gasteiger partial charge in [0.1, 0.15) is 6.54 Å². The number of halogens is 1. The molecule has 0 spiro atoms. The Hall–Kier alpha value is -1.55. The summed E-state index contributed by atoms with van der Waals surface area (Å²) in [5, 5.41) is 9.45. The van der Waals surface area contributed by atoms with E-state index in [1.54, 1.807) is 6.92 Å². The zero-order valence-electron chi connectivity index (χ0n) is 10.7. The van der Waals surface area contributed by atoms with Crippen LogP contribution >= 0.6 is 11.6 Å². The van der Waals surface area contributed by atoms with Crippen LogP contribution in [0.2, 0.25) is 5.02 Å². The Kier molecular flexibility index (Phi) is 4.10. The second-order valence-corrected chi connectivity index (χ2v) is 5.12. The quantitative estimate of drug-likeness (QED) is 0.901. The highest BCUT2D eigenvalue weighted by atomic mass is 35.5. The number of amides is 1. The van der Waals surface area contributed by atoms with E-state index in [2.05, 4.69) is 0 Å². The summed E-state index contributed by atoms with van der Waals surface area (Å²) in [5.74, 6) is -1.07. The van der Waals surface area contributed by atoms with Crippen LogP contribution < -0.4 is 0 Å². The third kappa shape index (κ3) is 3.07. The summed E-state index contributed by atoms with van der Waals surface area (Å²) in [5.41, 5.74) is 0.980. The van der Waals surface area contributed by atoms with Crippen LogP contribution in [0.4, 0.5) is 0 Å². The van der Waals surface area contributed by atoms with Crippen LogP contribution in [0.25, 0.3) is 0 Å². The molecule has 0 bridgehead atoms. The monoisotopic (exact) mass is 281 g/mol. The van der Waals surface area contributed by atoms with Gasteiger partial charge in [0.2, 0.25) is 5.91 Å². The van der Waals surface area contributed by atoms with Gasteiger partial charge in [0, 0.05) is 17.5 Å². The Labute approximate surface area is 117 Å². The van der Waals surface area contributed by atoms with Gasteiger partial charge in [-0.05, 0) is 30.9 Å². The summed E-state index contributed by atoms with van der Waals surface area (Å²) in [6, 6.07) is 7.49. The van der Waals surface area contributed by atoms with Gasteiger partial charge in [-0.15, -0.1) is 0 Å². The molecular weight excluding hydrogens is 266 g/mol. The first kappa shape index (κ1) is 13.9. The molecule has 1 N–H and O–H groups in total. The Balaban J connectivity index is 2.04. The Morgan fingerprint density at radius 1 is 1.42 bits per heavy atom.